The number of aromatic nitrogens is 1. The molecule has 0 unspecified atom stereocenters. The van der Waals surface area contributed by atoms with Gasteiger partial charge in [-0.3, -0.25) is 4.79 Å². The van der Waals surface area contributed by atoms with E-state index in [9.17, 15) is 9.59 Å². The minimum atomic E-state index is -1.21. The van der Waals surface area contributed by atoms with Gasteiger partial charge >= 0.3 is 5.97 Å². The van der Waals surface area contributed by atoms with Crippen molar-refractivity contribution in [2.45, 2.75) is 0 Å². The summed E-state index contributed by atoms with van der Waals surface area (Å²) in [5, 5.41) is 11.5. The molecule has 0 saturated heterocycles. The van der Waals surface area contributed by atoms with Crippen LogP contribution in [0.15, 0.2) is 42.6 Å². The standard InChI is InChI=1S/C17H16N2O5/c1-23-13-7-5-11(10-14(13)24-2)6-8-15(20)19-12-4-3-9-18-16(12)17(21)22/h3-10H,1-2H3,(H,19,20)(H,21,22)/b8-6+. The van der Waals surface area contributed by atoms with Crippen LogP contribution in [-0.2, 0) is 4.79 Å². The van der Waals surface area contributed by atoms with E-state index < -0.39 is 11.9 Å². The second kappa shape index (κ2) is 7.77. The Balaban J connectivity index is 2.13. The molecule has 2 N–H and O–H groups in total. The number of pyridine rings is 1. The summed E-state index contributed by atoms with van der Waals surface area (Å²) in [5.74, 6) is -0.559. The Labute approximate surface area is 138 Å². The van der Waals surface area contributed by atoms with Gasteiger partial charge in [0.05, 0.1) is 19.9 Å². The quantitative estimate of drug-likeness (QED) is 0.791. The Morgan fingerprint density at radius 2 is 1.92 bits per heavy atom. The van der Waals surface area contributed by atoms with Gasteiger partial charge in [-0.25, -0.2) is 9.78 Å². The summed E-state index contributed by atoms with van der Waals surface area (Å²) in [6.07, 6.45) is 4.21. The molecule has 124 valence electrons. The van der Waals surface area contributed by atoms with Crippen molar-refractivity contribution in [1.82, 2.24) is 4.98 Å². The zero-order valence-electron chi connectivity index (χ0n) is 13.1. The molecule has 0 bridgehead atoms. The predicted octanol–water partition coefficient (Wildman–Crippen LogP) is 2.45. The summed E-state index contributed by atoms with van der Waals surface area (Å²) in [6.45, 7) is 0. The fourth-order valence-corrected chi connectivity index (χ4v) is 1.98. The first-order valence-corrected chi connectivity index (χ1v) is 6.94. The van der Waals surface area contributed by atoms with Gasteiger partial charge in [0.2, 0.25) is 5.91 Å². The lowest BCUT2D eigenvalue weighted by Crippen LogP contribution is -2.13. The van der Waals surface area contributed by atoms with Crippen LogP contribution in [0.2, 0.25) is 0 Å². The van der Waals surface area contributed by atoms with E-state index in [0.29, 0.717) is 11.5 Å². The Bertz CT molecular complexity index is 786. The van der Waals surface area contributed by atoms with E-state index in [1.54, 1.807) is 30.3 Å². The van der Waals surface area contributed by atoms with Crippen LogP contribution in [0.25, 0.3) is 6.08 Å². The minimum Gasteiger partial charge on any atom is -0.493 e. The third-order valence-corrected chi connectivity index (χ3v) is 3.10. The van der Waals surface area contributed by atoms with Crippen LogP contribution in [-0.4, -0.2) is 36.2 Å². The van der Waals surface area contributed by atoms with Gasteiger partial charge in [-0.1, -0.05) is 6.07 Å². The van der Waals surface area contributed by atoms with E-state index in [-0.39, 0.29) is 11.4 Å². The lowest BCUT2D eigenvalue weighted by atomic mass is 10.2. The molecule has 7 heteroatoms. The van der Waals surface area contributed by atoms with Crippen LogP contribution in [0.5, 0.6) is 11.5 Å². The molecule has 0 saturated carbocycles. The largest absolute Gasteiger partial charge is 0.493 e. The molecular formula is C17H16N2O5. The van der Waals surface area contributed by atoms with Crippen molar-refractivity contribution >= 4 is 23.6 Å². The van der Waals surface area contributed by atoms with E-state index in [0.717, 1.165) is 5.56 Å². The number of amides is 1. The number of carboxylic acids is 1. The SMILES string of the molecule is COc1ccc(/C=C/C(=O)Nc2cccnc2C(=O)O)cc1OC. The molecule has 0 aliphatic heterocycles. The predicted molar refractivity (Wildman–Crippen MR) is 88.4 cm³/mol. The number of carbonyl (C=O) groups is 2. The highest BCUT2D eigenvalue weighted by atomic mass is 16.5. The monoisotopic (exact) mass is 328 g/mol. The molecule has 0 radical (unpaired) electrons. The summed E-state index contributed by atoms with van der Waals surface area (Å²) in [7, 11) is 3.06. The fourth-order valence-electron chi connectivity index (χ4n) is 1.98. The van der Waals surface area contributed by atoms with Crippen molar-refractivity contribution in [3.05, 3.63) is 53.9 Å². The Morgan fingerprint density at radius 1 is 1.17 bits per heavy atom. The maximum atomic E-state index is 12.0. The molecule has 24 heavy (non-hydrogen) atoms. The first-order valence-electron chi connectivity index (χ1n) is 6.94. The zero-order chi connectivity index (χ0) is 17.5. The summed E-state index contributed by atoms with van der Waals surface area (Å²) in [6, 6.07) is 8.21. The molecule has 0 aliphatic carbocycles. The zero-order valence-corrected chi connectivity index (χ0v) is 13.1. The smallest absolute Gasteiger partial charge is 0.356 e. The molecule has 1 heterocycles. The summed E-state index contributed by atoms with van der Waals surface area (Å²) < 4.78 is 10.3. The number of hydrogen-bond acceptors (Lipinski definition) is 5. The Hall–Kier alpha value is -3.35. The van der Waals surface area contributed by atoms with E-state index in [1.165, 1.54) is 32.6 Å². The van der Waals surface area contributed by atoms with E-state index in [1.807, 2.05) is 0 Å². The number of carbonyl (C=O) groups excluding carboxylic acids is 1. The van der Waals surface area contributed by atoms with Gasteiger partial charge in [0.15, 0.2) is 17.2 Å². The number of aromatic carboxylic acids is 1. The highest BCUT2D eigenvalue weighted by molar-refractivity contribution is 6.05. The molecule has 7 nitrogen and oxygen atoms in total. The normalized spacial score (nSPS) is 10.4. The van der Waals surface area contributed by atoms with Gasteiger partial charge in [-0.2, -0.15) is 0 Å². The molecular weight excluding hydrogens is 312 g/mol. The first-order chi connectivity index (χ1) is 11.5. The molecule has 2 rings (SSSR count). The third kappa shape index (κ3) is 4.10. The number of carboxylic acid groups (broad SMARTS) is 1. The van der Waals surface area contributed by atoms with Gasteiger partial charge in [-0.15, -0.1) is 0 Å². The molecule has 1 aromatic carbocycles. The Morgan fingerprint density at radius 3 is 2.58 bits per heavy atom. The molecule has 1 aromatic heterocycles. The number of methoxy groups -OCH3 is 2. The summed E-state index contributed by atoms with van der Waals surface area (Å²) in [5.41, 5.74) is 0.643. The number of nitrogens with zero attached hydrogens (tertiary/aromatic N) is 1. The van der Waals surface area contributed by atoms with Gasteiger partial charge in [-0.05, 0) is 35.9 Å². The van der Waals surface area contributed by atoms with Crippen molar-refractivity contribution < 1.29 is 24.2 Å². The van der Waals surface area contributed by atoms with Gasteiger partial charge in [0, 0.05) is 12.3 Å². The van der Waals surface area contributed by atoms with Crippen molar-refractivity contribution in [2.75, 3.05) is 19.5 Å². The summed E-state index contributed by atoms with van der Waals surface area (Å²) >= 11 is 0. The van der Waals surface area contributed by atoms with Crippen molar-refractivity contribution in [3.8, 4) is 11.5 Å². The maximum absolute atomic E-state index is 12.0. The van der Waals surface area contributed by atoms with Crippen molar-refractivity contribution in [3.63, 3.8) is 0 Å². The van der Waals surface area contributed by atoms with Crippen LogP contribution in [0.3, 0.4) is 0 Å². The third-order valence-electron chi connectivity index (χ3n) is 3.10. The minimum absolute atomic E-state index is 0.131. The lowest BCUT2D eigenvalue weighted by Gasteiger charge is -2.07. The van der Waals surface area contributed by atoms with Gasteiger partial charge in [0.25, 0.3) is 0 Å². The topological polar surface area (TPSA) is 97.8 Å². The van der Waals surface area contributed by atoms with Crippen LogP contribution < -0.4 is 14.8 Å². The second-order valence-electron chi connectivity index (χ2n) is 4.64. The fraction of sp³-hybridized carbons (Fsp3) is 0.118. The van der Waals surface area contributed by atoms with Crippen LogP contribution >= 0.6 is 0 Å². The second-order valence-corrected chi connectivity index (χ2v) is 4.64. The number of benzene rings is 1. The summed E-state index contributed by atoms with van der Waals surface area (Å²) in [4.78, 5) is 26.7. The average molecular weight is 328 g/mol. The number of ether oxygens (including phenoxy) is 2. The van der Waals surface area contributed by atoms with E-state index in [2.05, 4.69) is 10.3 Å². The molecule has 0 spiro atoms. The molecule has 0 fully saturated rings. The highest BCUT2D eigenvalue weighted by Gasteiger charge is 2.12. The highest BCUT2D eigenvalue weighted by Crippen LogP contribution is 2.27. The van der Waals surface area contributed by atoms with E-state index >= 15 is 0 Å². The molecule has 0 atom stereocenters. The number of hydrogen-bond donors (Lipinski definition) is 2. The van der Waals surface area contributed by atoms with E-state index in [4.69, 9.17) is 14.6 Å². The van der Waals surface area contributed by atoms with Crippen LogP contribution in [0, 0.1) is 0 Å². The molecule has 2 aromatic rings. The molecule has 1 amide bonds. The van der Waals surface area contributed by atoms with Crippen molar-refractivity contribution in [2.24, 2.45) is 0 Å². The average Bonchev–Trinajstić information content (AvgIpc) is 2.59. The Kier molecular flexibility index (Phi) is 5.51. The molecule has 0 aliphatic rings. The lowest BCUT2D eigenvalue weighted by molar-refractivity contribution is -0.111. The van der Waals surface area contributed by atoms with Crippen molar-refractivity contribution in [1.29, 1.82) is 0 Å². The van der Waals surface area contributed by atoms with Gasteiger partial charge < -0.3 is 19.9 Å². The number of nitrogens with one attached hydrogen (secondary N) is 1. The number of rotatable bonds is 6. The van der Waals surface area contributed by atoms with Gasteiger partial charge in [0.1, 0.15) is 0 Å². The van der Waals surface area contributed by atoms with Crippen LogP contribution in [0.4, 0.5) is 5.69 Å². The maximum Gasteiger partial charge on any atom is 0.356 e. The van der Waals surface area contributed by atoms with Crippen LogP contribution in [0.1, 0.15) is 16.1 Å². The number of anilines is 1. The first kappa shape index (κ1) is 17.0.